The number of rotatable bonds is 1. The van der Waals surface area contributed by atoms with Crippen molar-refractivity contribution in [3.05, 3.63) is 29.3 Å². The first-order chi connectivity index (χ1) is 7.56. The molecule has 1 aromatic carbocycles. The highest BCUT2D eigenvalue weighted by Crippen LogP contribution is 2.32. The highest BCUT2D eigenvalue weighted by atomic mass is 19.4. The van der Waals surface area contributed by atoms with Crippen LogP contribution in [0.1, 0.15) is 30.4 Å². The number of alkyl halides is 3. The first-order valence-corrected chi connectivity index (χ1v) is 5.43. The van der Waals surface area contributed by atoms with Gasteiger partial charge in [-0.2, -0.15) is 0 Å². The van der Waals surface area contributed by atoms with Crippen molar-refractivity contribution in [2.75, 3.05) is 0 Å². The summed E-state index contributed by atoms with van der Waals surface area (Å²) in [5.41, 5.74) is 1.73. The van der Waals surface area contributed by atoms with Gasteiger partial charge in [-0.15, -0.1) is 13.2 Å². The third-order valence-electron chi connectivity index (χ3n) is 2.83. The molecule has 0 amide bonds. The zero-order valence-electron chi connectivity index (χ0n) is 8.81. The van der Waals surface area contributed by atoms with Crippen LogP contribution in [0.15, 0.2) is 18.2 Å². The zero-order chi connectivity index (χ0) is 11.6. The molecule has 0 fully saturated rings. The molecule has 0 saturated carbocycles. The van der Waals surface area contributed by atoms with Gasteiger partial charge in [0.05, 0.1) is 0 Å². The Bertz CT molecular complexity index is 371. The molecule has 2 rings (SSSR count). The molecular formula is C12H13F3O. The maximum Gasteiger partial charge on any atom is 0.573 e. The Balaban J connectivity index is 2.31. The van der Waals surface area contributed by atoms with Crippen LogP contribution in [0.25, 0.3) is 0 Å². The summed E-state index contributed by atoms with van der Waals surface area (Å²) >= 11 is 0. The second-order valence-electron chi connectivity index (χ2n) is 4.00. The van der Waals surface area contributed by atoms with Gasteiger partial charge in [-0.25, -0.2) is 0 Å². The molecule has 0 heterocycles. The number of hydrogen-bond acceptors (Lipinski definition) is 1. The molecule has 0 unspecified atom stereocenters. The second kappa shape index (κ2) is 4.36. The van der Waals surface area contributed by atoms with Gasteiger partial charge < -0.3 is 4.74 Å². The highest BCUT2D eigenvalue weighted by molar-refractivity contribution is 5.41. The molecule has 0 aliphatic heterocycles. The van der Waals surface area contributed by atoms with E-state index in [1.807, 2.05) is 6.07 Å². The van der Waals surface area contributed by atoms with Crippen molar-refractivity contribution in [1.82, 2.24) is 0 Å². The Morgan fingerprint density at radius 3 is 2.50 bits per heavy atom. The van der Waals surface area contributed by atoms with Crippen molar-refractivity contribution in [3.8, 4) is 5.75 Å². The van der Waals surface area contributed by atoms with E-state index in [1.54, 1.807) is 6.07 Å². The largest absolute Gasteiger partial charge is 0.573 e. The summed E-state index contributed by atoms with van der Waals surface area (Å²) in [6, 6.07) is 4.92. The van der Waals surface area contributed by atoms with Crippen molar-refractivity contribution in [3.63, 3.8) is 0 Å². The minimum Gasteiger partial charge on any atom is -0.405 e. The van der Waals surface area contributed by atoms with Gasteiger partial charge in [-0.1, -0.05) is 18.6 Å². The molecule has 1 aliphatic rings. The lowest BCUT2D eigenvalue weighted by atomic mass is 10.0. The lowest BCUT2D eigenvalue weighted by Crippen LogP contribution is -2.18. The molecule has 0 spiro atoms. The number of ether oxygens (including phenoxy) is 1. The van der Waals surface area contributed by atoms with Crippen molar-refractivity contribution in [2.45, 2.75) is 38.5 Å². The van der Waals surface area contributed by atoms with Crippen molar-refractivity contribution < 1.29 is 17.9 Å². The van der Waals surface area contributed by atoms with Gasteiger partial charge >= 0.3 is 6.36 Å². The van der Waals surface area contributed by atoms with E-state index in [-0.39, 0.29) is 5.75 Å². The lowest BCUT2D eigenvalue weighted by Gasteiger charge is -2.14. The average Bonchev–Trinajstić information content (AvgIpc) is 2.41. The van der Waals surface area contributed by atoms with E-state index in [4.69, 9.17) is 0 Å². The van der Waals surface area contributed by atoms with E-state index in [0.29, 0.717) is 6.42 Å². The molecule has 0 radical (unpaired) electrons. The van der Waals surface area contributed by atoms with Crippen molar-refractivity contribution >= 4 is 0 Å². The molecule has 16 heavy (non-hydrogen) atoms. The summed E-state index contributed by atoms with van der Waals surface area (Å²) in [7, 11) is 0. The summed E-state index contributed by atoms with van der Waals surface area (Å²) < 4.78 is 40.6. The number of fused-ring (bicyclic) bond motifs is 1. The van der Waals surface area contributed by atoms with Crippen LogP contribution >= 0.6 is 0 Å². The van der Waals surface area contributed by atoms with Crippen LogP contribution in [0, 0.1) is 0 Å². The highest BCUT2D eigenvalue weighted by Gasteiger charge is 2.32. The van der Waals surface area contributed by atoms with Crippen LogP contribution < -0.4 is 4.74 Å². The molecule has 88 valence electrons. The monoisotopic (exact) mass is 230 g/mol. The third-order valence-corrected chi connectivity index (χ3v) is 2.83. The van der Waals surface area contributed by atoms with Gasteiger partial charge in [0.1, 0.15) is 5.75 Å². The van der Waals surface area contributed by atoms with Crippen LogP contribution in [0.5, 0.6) is 5.75 Å². The number of benzene rings is 1. The summed E-state index contributed by atoms with van der Waals surface area (Å²) in [6.07, 6.45) is -0.0127. The Morgan fingerprint density at radius 2 is 1.75 bits per heavy atom. The van der Waals surface area contributed by atoms with Crippen LogP contribution in [-0.4, -0.2) is 6.36 Å². The Labute approximate surface area is 92.2 Å². The minimum atomic E-state index is -4.60. The van der Waals surface area contributed by atoms with Crippen molar-refractivity contribution in [2.24, 2.45) is 0 Å². The summed E-state index contributed by atoms with van der Waals surface area (Å²) in [5.74, 6) is -0.0214. The van der Waals surface area contributed by atoms with E-state index in [1.165, 1.54) is 6.07 Å². The van der Waals surface area contributed by atoms with Crippen LogP contribution in [0.3, 0.4) is 0 Å². The minimum absolute atomic E-state index is 0.0214. The Hall–Kier alpha value is -1.19. The fourth-order valence-electron chi connectivity index (χ4n) is 2.14. The van der Waals surface area contributed by atoms with E-state index in [0.717, 1.165) is 36.8 Å². The molecule has 1 nitrogen and oxygen atoms in total. The van der Waals surface area contributed by atoms with E-state index in [2.05, 4.69) is 4.74 Å². The zero-order valence-corrected chi connectivity index (χ0v) is 8.81. The summed E-state index contributed by atoms with van der Waals surface area (Å²) in [4.78, 5) is 0. The molecule has 0 bridgehead atoms. The van der Waals surface area contributed by atoms with Gasteiger partial charge in [-0.05, 0) is 42.9 Å². The van der Waals surface area contributed by atoms with Gasteiger partial charge in [0.15, 0.2) is 0 Å². The third kappa shape index (κ3) is 2.68. The van der Waals surface area contributed by atoms with Gasteiger partial charge in [-0.3, -0.25) is 0 Å². The molecule has 4 heteroatoms. The van der Waals surface area contributed by atoms with E-state index in [9.17, 15) is 13.2 Å². The normalized spacial score (nSPS) is 16.4. The Morgan fingerprint density at radius 1 is 1.00 bits per heavy atom. The maximum absolute atomic E-state index is 12.2. The molecule has 1 aliphatic carbocycles. The first kappa shape index (κ1) is 11.3. The molecule has 1 aromatic rings. The van der Waals surface area contributed by atoms with Gasteiger partial charge in [0.25, 0.3) is 0 Å². The second-order valence-corrected chi connectivity index (χ2v) is 4.00. The van der Waals surface area contributed by atoms with Gasteiger partial charge in [0.2, 0.25) is 0 Å². The van der Waals surface area contributed by atoms with Crippen LogP contribution in [0.4, 0.5) is 13.2 Å². The maximum atomic E-state index is 12.2. The number of aryl methyl sites for hydroxylation is 1. The number of hydrogen-bond donors (Lipinski definition) is 0. The molecule has 0 aromatic heterocycles. The topological polar surface area (TPSA) is 9.23 Å². The SMILES string of the molecule is FC(F)(F)Oc1cccc2c1CCCCC2. The standard InChI is InChI=1S/C12H13F3O/c13-12(14,15)16-11-8-4-6-9-5-2-1-3-7-10(9)11/h4,6,8H,1-3,5,7H2. The fourth-order valence-corrected chi connectivity index (χ4v) is 2.14. The molecule has 0 saturated heterocycles. The van der Waals surface area contributed by atoms with E-state index >= 15 is 0 Å². The van der Waals surface area contributed by atoms with Crippen LogP contribution in [0.2, 0.25) is 0 Å². The first-order valence-electron chi connectivity index (χ1n) is 5.43. The average molecular weight is 230 g/mol. The molecular weight excluding hydrogens is 217 g/mol. The van der Waals surface area contributed by atoms with E-state index < -0.39 is 6.36 Å². The van der Waals surface area contributed by atoms with Gasteiger partial charge in [0, 0.05) is 0 Å². The summed E-state index contributed by atoms with van der Waals surface area (Å²) in [5, 5.41) is 0. The Kier molecular flexibility index (Phi) is 3.08. The van der Waals surface area contributed by atoms with Crippen LogP contribution in [-0.2, 0) is 12.8 Å². The molecule has 0 N–H and O–H groups in total. The summed E-state index contributed by atoms with van der Waals surface area (Å²) in [6.45, 7) is 0. The predicted octanol–water partition coefficient (Wildman–Crippen LogP) is 3.85. The fraction of sp³-hybridized carbons (Fsp3) is 0.500. The quantitative estimate of drug-likeness (QED) is 0.666. The molecule has 0 atom stereocenters. The lowest BCUT2D eigenvalue weighted by molar-refractivity contribution is -0.274. The predicted molar refractivity (Wildman–Crippen MR) is 54.4 cm³/mol. The smallest absolute Gasteiger partial charge is 0.405 e. The number of halogens is 3. The van der Waals surface area contributed by atoms with Crippen molar-refractivity contribution in [1.29, 1.82) is 0 Å².